The number of sulfonamides is 1. The molecule has 1 aromatic carbocycles. The van der Waals surface area contributed by atoms with Gasteiger partial charge in [-0.05, 0) is 12.5 Å². The van der Waals surface area contributed by atoms with E-state index in [2.05, 4.69) is 20.6 Å². The van der Waals surface area contributed by atoms with Crippen molar-refractivity contribution in [2.75, 3.05) is 29.3 Å². The number of thioether (sulfide) groups is 1. The number of urea groups is 1. The number of fused-ring (bicyclic) bond motifs is 1. The molecule has 3 heterocycles. The topological polar surface area (TPSA) is 143 Å². The van der Waals surface area contributed by atoms with Crippen LogP contribution in [-0.4, -0.2) is 48.8 Å². The highest BCUT2D eigenvalue weighted by atomic mass is 35.5. The van der Waals surface area contributed by atoms with Gasteiger partial charge in [0.15, 0.2) is 6.73 Å². The molecule has 11 nitrogen and oxygen atoms in total. The van der Waals surface area contributed by atoms with E-state index in [0.717, 1.165) is 17.8 Å². The summed E-state index contributed by atoms with van der Waals surface area (Å²) in [6.45, 7) is -0.163. The Bertz CT molecular complexity index is 1260. The van der Waals surface area contributed by atoms with Gasteiger partial charge in [0.05, 0.1) is 34.0 Å². The number of anilines is 3. The maximum absolute atomic E-state index is 14.1. The molecule has 0 spiro atoms. The first-order valence-corrected chi connectivity index (χ1v) is 12.1. The minimum Gasteiger partial charge on any atom is -0.472 e. The monoisotopic (exact) mass is 514 g/mol. The Labute approximate surface area is 196 Å². The summed E-state index contributed by atoms with van der Waals surface area (Å²) in [7, 11) is -2.52. The molecule has 2 aliphatic rings. The summed E-state index contributed by atoms with van der Waals surface area (Å²) in [5, 5.41) is 4.87. The Hall–Kier alpha value is -3.10. The van der Waals surface area contributed by atoms with Gasteiger partial charge in [0.2, 0.25) is 5.95 Å². The van der Waals surface area contributed by atoms with Gasteiger partial charge in [-0.1, -0.05) is 17.8 Å². The highest BCUT2D eigenvalue weighted by molar-refractivity contribution is 8.19. The molecule has 0 radical (unpaired) electrons. The smallest absolute Gasteiger partial charge is 0.335 e. The SMILES string of the molecule is CNc1cc2c(cc1F)C(=O)N(c1cnc(NC(=O)NS(=O)(=O)C3=CCC(Cl)S3)nc1)CO2. The molecule has 0 saturated carbocycles. The van der Waals surface area contributed by atoms with Crippen LogP contribution in [0.2, 0.25) is 0 Å². The molecule has 174 valence electrons. The quantitative estimate of drug-likeness (QED) is 0.513. The number of hydrogen-bond donors (Lipinski definition) is 3. The van der Waals surface area contributed by atoms with Crippen molar-refractivity contribution in [1.29, 1.82) is 0 Å². The Morgan fingerprint density at radius 3 is 2.70 bits per heavy atom. The normalized spacial score (nSPS) is 17.7. The first-order valence-electron chi connectivity index (χ1n) is 9.30. The van der Waals surface area contributed by atoms with E-state index in [1.54, 1.807) is 7.05 Å². The number of aromatic nitrogens is 2. The fraction of sp³-hybridized carbons (Fsp3) is 0.222. The van der Waals surface area contributed by atoms with Gasteiger partial charge >= 0.3 is 6.03 Å². The van der Waals surface area contributed by atoms with Gasteiger partial charge in [0.25, 0.3) is 15.9 Å². The lowest BCUT2D eigenvalue weighted by atomic mass is 10.1. The average molecular weight is 515 g/mol. The van der Waals surface area contributed by atoms with Crippen LogP contribution < -0.4 is 25.0 Å². The number of nitrogens with zero attached hydrogens (tertiary/aromatic N) is 3. The lowest BCUT2D eigenvalue weighted by Gasteiger charge is -2.28. The Morgan fingerprint density at radius 2 is 2.06 bits per heavy atom. The van der Waals surface area contributed by atoms with Crippen LogP contribution >= 0.6 is 23.4 Å². The van der Waals surface area contributed by atoms with Gasteiger partial charge in [0, 0.05) is 13.1 Å². The van der Waals surface area contributed by atoms with Gasteiger partial charge < -0.3 is 10.1 Å². The van der Waals surface area contributed by atoms with Crippen LogP contribution in [0, 0.1) is 5.82 Å². The van der Waals surface area contributed by atoms with Gasteiger partial charge in [-0.15, -0.1) is 11.6 Å². The lowest BCUT2D eigenvalue weighted by Crippen LogP contribution is -2.39. The van der Waals surface area contributed by atoms with Crippen molar-refractivity contribution in [2.45, 2.75) is 11.1 Å². The summed E-state index contributed by atoms with van der Waals surface area (Å²) < 4.78 is 45.4. The van der Waals surface area contributed by atoms with E-state index in [1.165, 1.54) is 29.4 Å². The lowest BCUT2D eigenvalue weighted by molar-refractivity contribution is 0.0936. The third-order valence-corrected chi connectivity index (χ3v) is 7.93. The first kappa shape index (κ1) is 23.1. The second-order valence-corrected chi connectivity index (χ2v) is 10.6. The van der Waals surface area contributed by atoms with E-state index in [-0.39, 0.29) is 39.6 Å². The van der Waals surface area contributed by atoms with Gasteiger partial charge in [-0.25, -0.2) is 32.3 Å². The van der Waals surface area contributed by atoms with E-state index < -0.39 is 32.5 Å². The van der Waals surface area contributed by atoms with Crippen LogP contribution in [0.3, 0.4) is 0 Å². The predicted octanol–water partition coefficient (Wildman–Crippen LogP) is 2.65. The number of hydrogen-bond acceptors (Lipinski definition) is 9. The van der Waals surface area contributed by atoms with Crippen LogP contribution in [0.4, 0.5) is 26.5 Å². The molecule has 1 atom stereocenters. The Morgan fingerprint density at radius 1 is 1.33 bits per heavy atom. The fourth-order valence-corrected chi connectivity index (χ4v) is 5.83. The van der Waals surface area contributed by atoms with E-state index in [4.69, 9.17) is 16.3 Å². The first-order chi connectivity index (χ1) is 15.7. The van der Waals surface area contributed by atoms with E-state index in [9.17, 15) is 22.4 Å². The van der Waals surface area contributed by atoms with E-state index >= 15 is 0 Å². The van der Waals surface area contributed by atoms with Crippen LogP contribution in [-0.2, 0) is 10.0 Å². The van der Waals surface area contributed by atoms with Crippen molar-refractivity contribution < 1.29 is 27.1 Å². The summed E-state index contributed by atoms with van der Waals surface area (Å²) in [4.78, 5) is 33.8. The molecule has 3 N–H and O–H groups in total. The van der Waals surface area contributed by atoms with Crippen molar-refractivity contribution in [3.05, 3.63) is 46.2 Å². The minimum atomic E-state index is -4.06. The van der Waals surface area contributed by atoms with Crippen molar-refractivity contribution in [2.24, 2.45) is 0 Å². The number of rotatable bonds is 5. The maximum atomic E-state index is 14.1. The van der Waals surface area contributed by atoms with Crippen molar-refractivity contribution in [3.63, 3.8) is 0 Å². The molecule has 2 aromatic rings. The Balaban J connectivity index is 1.43. The maximum Gasteiger partial charge on any atom is 0.335 e. The summed E-state index contributed by atoms with van der Waals surface area (Å²) >= 11 is 6.78. The largest absolute Gasteiger partial charge is 0.472 e. The number of carbonyl (C=O) groups excluding carboxylic acids is 2. The number of amides is 3. The second-order valence-electron chi connectivity index (χ2n) is 6.70. The molecule has 2 aliphatic heterocycles. The molecule has 4 rings (SSSR count). The summed E-state index contributed by atoms with van der Waals surface area (Å²) in [6, 6.07) is 1.40. The van der Waals surface area contributed by atoms with Crippen molar-refractivity contribution in [3.8, 4) is 5.75 Å². The average Bonchev–Trinajstić information content (AvgIpc) is 3.22. The minimum absolute atomic E-state index is 0.0304. The number of allylic oxidation sites excluding steroid dienone is 1. The van der Waals surface area contributed by atoms with Gasteiger partial charge in [-0.3, -0.25) is 15.0 Å². The van der Waals surface area contributed by atoms with Crippen molar-refractivity contribution >= 4 is 62.6 Å². The highest BCUT2D eigenvalue weighted by Gasteiger charge is 2.30. The molecule has 15 heteroatoms. The molecule has 1 aromatic heterocycles. The summed E-state index contributed by atoms with van der Waals surface area (Å²) in [5.74, 6) is -1.11. The molecule has 1 unspecified atom stereocenters. The molecule has 0 fully saturated rings. The highest BCUT2D eigenvalue weighted by Crippen LogP contribution is 2.37. The van der Waals surface area contributed by atoms with Crippen LogP contribution in [0.1, 0.15) is 16.8 Å². The third-order valence-electron chi connectivity index (χ3n) is 4.54. The number of nitrogens with one attached hydrogen (secondary N) is 3. The van der Waals surface area contributed by atoms with Gasteiger partial charge in [0.1, 0.15) is 15.8 Å². The molecule has 0 aliphatic carbocycles. The number of carbonyl (C=O) groups is 2. The molecular formula is C18H16ClFN6O5S2. The summed E-state index contributed by atoms with van der Waals surface area (Å²) in [5.41, 5.74) is 0.449. The molecular weight excluding hydrogens is 499 g/mol. The van der Waals surface area contributed by atoms with Crippen LogP contribution in [0.5, 0.6) is 5.75 Å². The van der Waals surface area contributed by atoms with E-state index in [0.29, 0.717) is 6.42 Å². The van der Waals surface area contributed by atoms with Crippen molar-refractivity contribution in [1.82, 2.24) is 14.7 Å². The number of ether oxygens (including phenoxy) is 1. The zero-order valence-electron chi connectivity index (χ0n) is 16.8. The molecule has 3 amide bonds. The van der Waals surface area contributed by atoms with Gasteiger partial charge in [-0.2, -0.15) is 0 Å². The predicted molar refractivity (Wildman–Crippen MR) is 121 cm³/mol. The zero-order valence-corrected chi connectivity index (χ0v) is 19.2. The summed E-state index contributed by atoms with van der Waals surface area (Å²) in [6.07, 6.45) is 4.25. The fourth-order valence-electron chi connectivity index (χ4n) is 2.97. The number of alkyl halides is 1. The zero-order chi connectivity index (χ0) is 23.8. The van der Waals surface area contributed by atoms with Crippen LogP contribution in [0.15, 0.2) is 34.8 Å². The van der Waals surface area contributed by atoms with Crippen LogP contribution in [0.25, 0.3) is 0 Å². The standard InChI is InChI=1S/C18H16ClFN6O5S2/c1-21-12-5-13-10(4-11(12)20)16(27)26(8-31-13)9-6-22-17(23-7-9)24-18(28)25-33(29,30)15-3-2-14(19)32-15/h3-7,14,21H,2,8H2,1H3,(H2,22,23,24,25,28). The second kappa shape index (κ2) is 9.03. The Kier molecular flexibility index (Phi) is 6.32. The molecule has 0 bridgehead atoms. The molecule has 0 saturated heterocycles. The third kappa shape index (κ3) is 4.82. The van der Waals surface area contributed by atoms with E-state index in [1.807, 2.05) is 4.72 Å². The number of benzene rings is 1. The number of halogens is 2. The molecule has 33 heavy (non-hydrogen) atoms.